The molecule has 2 atom stereocenters. The average molecular weight is 240 g/mol. The highest BCUT2D eigenvalue weighted by Crippen LogP contribution is 2.31. The maximum Gasteiger partial charge on any atom is 0.0774 e. The lowest BCUT2D eigenvalue weighted by atomic mass is 9.82. The molecule has 0 radical (unpaired) electrons. The van der Waals surface area contributed by atoms with Crippen molar-refractivity contribution in [3.05, 3.63) is 0 Å². The van der Waals surface area contributed by atoms with E-state index in [9.17, 15) is 5.11 Å². The Labute approximate surface area is 105 Å². The number of likely N-dealkylation sites (tertiary alicyclic amines) is 1. The first kappa shape index (κ1) is 13.3. The van der Waals surface area contributed by atoms with Crippen LogP contribution in [0.3, 0.4) is 0 Å². The van der Waals surface area contributed by atoms with Gasteiger partial charge in [-0.15, -0.1) is 0 Å². The number of aliphatic hydroxyl groups is 1. The van der Waals surface area contributed by atoms with Gasteiger partial charge in [-0.2, -0.15) is 0 Å². The highest BCUT2D eigenvalue weighted by Gasteiger charge is 2.36. The summed E-state index contributed by atoms with van der Waals surface area (Å²) in [5, 5.41) is 10.6. The molecule has 0 aromatic rings. The van der Waals surface area contributed by atoms with Gasteiger partial charge in [-0.25, -0.2) is 0 Å². The van der Waals surface area contributed by atoms with Crippen molar-refractivity contribution in [1.29, 1.82) is 0 Å². The molecule has 1 heterocycles. The molecule has 0 bridgehead atoms. The van der Waals surface area contributed by atoms with Crippen molar-refractivity contribution >= 4 is 0 Å². The van der Waals surface area contributed by atoms with Gasteiger partial charge < -0.3 is 10.8 Å². The fourth-order valence-corrected chi connectivity index (χ4v) is 3.66. The molecular formula is C14H28N2O. The normalized spacial score (nSPS) is 34.8. The smallest absolute Gasteiger partial charge is 0.0774 e. The van der Waals surface area contributed by atoms with E-state index < -0.39 is 5.60 Å². The summed E-state index contributed by atoms with van der Waals surface area (Å²) in [5.74, 6) is 0.681. The van der Waals surface area contributed by atoms with E-state index in [0.717, 1.165) is 32.5 Å². The molecular weight excluding hydrogens is 212 g/mol. The summed E-state index contributed by atoms with van der Waals surface area (Å²) in [5.41, 5.74) is 5.48. The van der Waals surface area contributed by atoms with E-state index in [0.29, 0.717) is 12.0 Å². The summed E-state index contributed by atoms with van der Waals surface area (Å²) in [7, 11) is 0. The molecule has 17 heavy (non-hydrogen) atoms. The van der Waals surface area contributed by atoms with Crippen LogP contribution in [0, 0.1) is 5.92 Å². The van der Waals surface area contributed by atoms with Gasteiger partial charge in [0, 0.05) is 19.1 Å². The van der Waals surface area contributed by atoms with Crippen molar-refractivity contribution in [1.82, 2.24) is 4.90 Å². The largest absolute Gasteiger partial charge is 0.389 e. The zero-order valence-corrected chi connectivity index (χ0v) is 11.2. The van der Waals surface area contributed by atoms with Gasteiger partial charge in [0.1, 0.15) is 0 Å². The van der Waals surface area contributed by atoms with Crippen LogP contribution in [0.4, 0.5) is 0 Å². The Kier molecular flexibility index (Phi) is 4.45. The molecule has 3 heteroatoms. The van der Waals surface area contributed by atoms with Crippen LogP contribution in [0.25, 0.3) is 0 Å². The SMILES string of the molecule is CC1CCCN(CC2(O)CCCCC2)C1CN. The van der Waals surface area contributed by atoms with E-state index in [1.165, 1.54) is 32.1 Å². The minimum atomic E-state index is -0.428. The summed E-state index contributed by atoms with van der Waals surface area (Å²) in [6, 6.07) is 0.481. The maximum atomic E-state index is 10.6. The summed E-state index contributed by atoms with van der Waals surface area (Å²) < 4.78 is 0. The van der Waals surface area contributed by atoms with E-state index in [1.54, 1.807) is 0 Å². The maximum absolute atomic E-state index is 10.6. The number of nitrogens with two attached hydrogens (primary N) is 1. The second-order valence-corrected chi connectivity index (χ2v) is 6.18. The van der Waals surface area contributed by atoms with E-state index >= 15 is 0 Å². The van der Waals surface area contributed by atoms with Crippen molar-refractivity contribution < 1.29 is 5.11 Å². The Bertz CT molecular complexity index is 238. The van der Waals surface area contributed by atoms with Gasteiger partial charge in [0.05, 0.1) is 5.60 Å². The van der Waals surface area contributed by atoms with Crippen LogP contribution in [-0.2, 0) is 0 Å². The van der Waals surface area contributed by atoms with Gasteiger partial charge in [0.2, 0.25) is 0 Å². The third-order valence-electron chi connectivity index (χ3n) is 4.75. The minimum Gasteiger partial charge on any atom is -0.389 e. The highest BCUT2D eigenvalue weighted by molar-refractivity contribution is 4.91. The Balaban J connectivity index is 1.95. The number of nitrogens with zero attached hydrogens (tertiary/aromatic N) is 1. The molecule has 1 saturated heterocycles. The van der Waals surface area contributed by atoms with Crippen LogP contribution in [-0.4, -0.2) is 41.3 Å². The van der Waals surface area contributed by atoms with Crippen LogP contribution >= 0.6 is 0 Å². The number of hydrogen-bond acceptors (Lipinski definition) is 3. The van der Waals surface area contributed by atoms with Crippen molar-refractivity contribution in [3.8, 4) is 0 Å². The summed E-state index contributed by atoms with van der Waals surface area (Å²) >= 11 is 0. The first-order valence-electron chi connectivity index (χ1n) is 7.31. The van der Waals surface area contributed by atoms with Crippen LogP contribution in [0.15, 0.2) is 0 Å². The fraction of sp³-hybridized carbons (Fsp3) is 1.00. The fourth-order valence-electron chi connectivity index (χ4n) is 3.66. The van der Waals surface area contributed by atoms with Crippen molar-refractivity contribution in [2.45, 2.75) is 63.5 Å². The molecule has 1 saturated carbocycles. The molecule has 1 aliphatic carbocycles. The van der Waals surface area contributed by atoms with Crippen molar-refractivity contribution in [2.75, 3.05) is 19.6 Å². The Morgan fingerprint density at radius 1 is 1.24 bits per heavy atom. The van der Waals surface area contributed by atoms with Gasteiger partial charge in [-0.05, 0) is 38.1 Å². The van der Waals surface area contributed by atoms with Crippen LogP contribution in [0.5, 0.6) is 0 Å². The van der Waals surface area contributed by atoms with Gasteiger partial charge >= 0.3 is 0 Å². The monoisotopic (exact) mass is 240 g/mol. The highest BCUT2D eigenvalue weighted by atomic mass is 16.3. The number of rotatable bonds is 3. The van der Waals surface area contributed by atoms with Crippen molar-refractivity contribution in [3.63, 3.8) is 0 Å². The number of hydrogen-bond donors (Lipinski definition) is 2. The van der Waals surface area contributed by atoms with E-state index in [2.05, 4.69) is 11.8 Å². The first-order valence-corrected chi connectivity index (χ1v) is 7.31. The molecule has 2 unspecified atom stereocenters. The minimum absolute atomic E-state index is 0.428. The lowest BCUT2D eigenvalue weighted by Gasteiger charge is -2.44. The molecule has 3 N–H and O–H groups in total. The molecule has 0 aromatic carbocycles. The first-order chi connectivity index (χ1) is 8.14. The topological polar surface area (TPSA) is 49.5 Å². The third kappa shape index (κ3) is 3.21. The lowest BCUT2D eigenvalue weighted by molar-refractivity contribution is -0.0480. The standard InChI is InChI=1S/C14H28N2O/c1-12-6-5-9-16(13(12)10-15)11-14(17)7-3-2-4-8-14/h12-13,17H,2-11,15H2,1H3. The van der Waals surface area contributed by atoms with Crippen molar-refractivity contribution in [2.24, 2.45) is 11.7 Å². The molecule has 3 nitrogen and oxygen atoms in total. The van der Waals surface area contributed by atoms with Gasteiger partial charge in [-0.3, -0.25) is 4.90 Å². The molecule has 2 fully saturated rings. The van der Waals surface area contributed by atoms with E-state index in [-0.39, 0.29) is 0 Å². The predicted octanol–water partition coefficient (Wildman–Crippen LogP) is 1.74. The number of piperidine rings is 1. The van der Waals surface area contributed by atoms with Gasteiger partial charge in [-0.1, -0.05) is 26.2 Å². The zero-order chi connectivity index (χ0) is 12.3. The zero-order valence-electron chi connectivity index (χ0n) is 11.2. The quantitative estimate of drug-likeness (QED) is 0.790. The van der Waals surface area contributed by atoms with Crippen LogP contribution in [0.2, 0.25) is 0 Å². The Hall–Kier alpha value is -0.120. The predicted molar refractivity (Wildman–Crippen MR) is 70.8 cm³/mol. The van der Waals surface area contributed by atoms with Gasteiger partial charge in [0.25, 0.3) is 0 Å². The summed E-state index contributed by atoms with van der Waals surface area (Å²) in [6.07, 6.45) is 8.17. The molecule has 2 aliphatic rings. The Morgan fingerprint density at radius 3 is 2.59 bits per heavy atom. The van der Waals surface area contributed by atoms with Crippen LogP contribution < -0.4 is 5.73 Å². The molecule has 100 valence electrons. The van der Waals surface area contributed by atoms with E-state index in [4.69, 9.17) is 5.73 Å². The van der Waals surface area contributed by atoms with Crippen LogP contribution in [0.1, 0.15) is 51.9 Å². The molecule has 0 aromatic heterocycles. The summed E-state index contributed by atoms with van der Waals surface area (Å²) in [6.45, 7) is 5.00. The second-order valence-electron chi connectivity index (χ2n) is 6.18. The lowest BCUT2D eigenvalue weighted by Crippen LogP contribution is -2.54. The summed E-state index contributed by atoms with van der Waals surface area (Å²) in [4.78, 5) is 2.46. The molecule has 0 amide bonds. The average Bonchev–Trinajstić information content (AvgIpc) is 2.30. The molecule has 1 aliphatic heterocycles. The third-order valence-corrected chi connectivity index (χ3v) is 4.75. The second kappa shape index (κ2) is 5.68. The number of β-amino-alcohol motifs (C(OH)–C–C–N with tert-alkyl or cyclic N) is 1. The van der Waals surface area contributed by atoms with Gasteiger partial charge in [0.15, 0.2) is 0 Å². The van der Waals surface area contributed by atoms with E-state index in [1.807, 2.05) is 0 Å². The molecule has 0 spiro atoms. The Morgan fingerprint density at radius 2 is 1.94 bits per heavy atom. The molecule has 2 rings (SSSR count).